The number of aliphatic hydroxyl groups is 1. The van der Waals surface area contributed by atoms with Gasteiger partial charge in [0, 0.05) is 29.7 Å². The second-order valence-corrected chi connectivity index (χ2v) is 9.91. The van der Waals surface area contributed by atoms with E-state index >= 15 is 0 Å². The van der Waals surface area contributed by atoms with Gasteiger partial charge in [0.2, 0.25) is 5.91 Å². The molecule has 3 aromatic rings. The highest BCUT2D eigenvalue weighted by molar-refractivity contribution is 5.97. The van der Waals surface area contributed by atoms with Crippen LogP contribution in [0.4, 0.5) is 10.1 Å². The van der Waals surface area contributed by atoms with Gasteiger partial charge in [-0.3, -0.25) is 9.59 Å². The van der Waals surface area contributed by atoms with Crippen molar-refractivity contribution in [1.82, 2.24) is 4.98 Å². The SMILES string of the molecule is C[C@](O)(CCC(=O)c1ccc2c(c1)NCCO2)c1cc2c(c(-c3ccc(F)cc3)n1)OC[C@]2(C)C(N)=O. The minimum Gasteiger partial charge on any atom is -0.490 e. The normalized spacial score (nSPS) is 19.5. The lowest BCUT2D eigenvalue weighted by Gasteiger charge is -2.26. The summed E-state index contributed by atoms with van der Waals surface area (Å²) in [6.07, 6.45) is 0.135. The Morgan fingerprint density at radius 1 is 1.19 bits per heavy atom. The number of rotatable bonds is 7. The summed E-state index contributed by atoms with van der Waals surface area (Å²) in [5, 5.41) is 14.7. The Bertz CT molecular complexity index is 1390. The van der Waals surface area contributed by atoms with Gasteiger partial charge in [0.1, 0.15) is 47.2 Å². The molecule has 0 unspecified atom stereocenters. The molecule has 8 nitrogen and oxygen atoms in total. The lowest BCUT2D eigenvalue weighted by atomic mass is 9.81. The topological polar surface area (TPSA) is 124 Å². The Labute approximate surface area is 213 Å². The zero-order chi connectivity index (χ0) is 26.4. The lowest BCUT2D eigenvalue weighted by Crippen LogP contribution is -2.40. The van der Waals surface area contributed by atoms with Crippen molar-refractivity contribution in [1.29, 1.82) is 0 Å². The molecule has 192 valence electrons. The number of aromatic nitrogens is 1. The van der Waals surface area contributed by atoms with Crippen LogP contribution in [-0.2, 0) is 15.8 Å². The van der Waals surface area contributed by atoms with Crippen LogP contribution < -0.4 is 20.5 Å². The molecule has 4 N–H and O–H groups in total. The number of nitrogens with zero attached hydrogens (tertiary/aromatic N) is 1. The average Bonchev–Trinajstić information content (AvgIpc) is 3.25. The van der Waals surface area contributed by atoms with Crippen molar-refractivity contribution in [2.75, 3.05) is 25.1 Å². The number of anilines is 1. The lowest BCUT2D eigenvalue weighted by molar-refractivity contribution is -0.123. The van der Waals surface area contributed by atoms with Gasteiger partial charge in [0.15, 0.2) is 5.78 Å². The zero-order valence-corrected chi connectivity index (χ0v) is 20.6. The number of Topliss-reactive ketones (excluding diaryl/α,β-unsaturated/α-hetero) is 1. The average molecular weight is 506 g/mol. The summed E-state index contributed by atoms with van der Waals surface area (Å²) in [4.78, 5) is 30.0. The van der Waals surface area contributed by atoms with Crippen molar-refractivity contribution >= 4 is 17.4 Å². The summed E-state index contributed by atoms with van der Waals surface area (Å²) in [6.45, 7) is 4.49. The number of halogens is 1. The van der Waals surface area contributed by atoms with Gasteiger partial charge in [-0.05, 0) is 68.8 Å². The van der Waals surface area contributed by atoms with E-state index in [1.54, 1.807) is 50.2 Å². The van der Waals surface area contributed by atoms with Crippen LogP contribution in [0.3, 0.4) is 0 Å². The molecule has 37 heavy (non-hydrogen) atoms. The molecule has 9 heteroatoms. The number of nitrogens with one attached hydrogen (secondary N) is 1. The molecule has 0 spiro atoms. The molecule has 0 radical (unpaired) electrons. The first kappa shape index (κ1) is 24.7. The summed E-state index contributed by atoms with van der Waals surface area (Å²) >= 11 is 0. The third-order valence-electron chi connectivity index (χ3n) is 7.10. The molecule has 0 aliphatic carbocycles. The largest absolute Gasteiger partial charge is 0.490 e. The van der Waals surface area contributed by atoms with E-state index in [9.17, 15) is 19.1 Å². The summed E-state index contributed by atoms with van der Waals surface area (Å²) in [7, 11) is 0. The first-order valence-corrected chi connectivity index (χ1v) is 12.1. The second-order valence-electron chi connectivity index (χ2n) is 9.91. The van der Waals surface area contributed by atoms with Gasteiger partial charge in [0.05, 0.1) is 11.4 Å². The first-order chi connectivity index (χ1) is 17.6. The van der Waals surface area contributed by atoms with Crippen molar-refractivity contribution < 1.29 is 28.6 Å². The van der Waals surface area contributed by atoms with Gasteiger partial charge in [0.25, 0.3) is 0 Å². The number of primary amides is 1. The highest BCUT2D eigenvalue weighted by Gasteiger charge is 2.45. The van der Waals surface area contributed by atoms with E-state index in [0.29, 0.717) is 47.0 Å². The maximum Gasteiger partial charge on any atom is 0.231 e. The Morgan fingerprint density at radius 3 is 2.68 bits per heavy atom. The van der Waals surface area contributed by atoms with E-state index < -0.39 is 22.7 Å². The second kappa shape index (κ2) is 9.15. The third-order valence-corrected chi connectivity index (χ3v) is 7.10. The maximum absolute atomic E-state index is 13.6. The van der Waals surface area contributed by atoms with Crippen LogP contribution >= 0.6 is 0 Å². The molecule has 5 rings (SSSR count). The van der Waals surface area contributed by atoms with E-state index in [1.807, 2.05) is 0 Å². The van der Waals surface area contributed by atoms with E-state index in [2.05, 4.69) is 10.3 Å². The Balaban J connectivity index is 1.47. The molecule has 0 bridgehead atoms. The molecule has 0 fully saturated rings. The highest BCUT2D eigenvalue weighted by atomic mass is 19.1. The summed E-state index contributed by atoms with van der Waals surface area (Å²) in [5.74, 6) is -0.0552. The van der Waals surface area contributed by atoms with Crippen molar-refractivity contribution in [2.24, 2.45) is 5.73 Å². The fourth-order valence-corrected chi connectivity index (χ4v) is 4.61. The highest BCUT2D eigenvalue weighted by Crippen LogP contribution is 2.46. The molecule has 2 aliphatic heterocycles. The van der Waals surface area contributed by atoms with Crippen LogP contribution in [-0.4, -0.2) is 41.5 Å². The minimum atomic E-state index is -1.52. The van der Waals surface area contributed by atoms with Crippen molar-refractivity contribution in [3.8, 4) is 22.8 Å². The number of pyridine rings is 1. The van der Waals surface area contributed by atoms with Crippen LogP contribution in [0, 0.1) is 5.82 Å². The number of benzene rings is 2. The quantitative estimate of drug-likeness (QED) is 0.418. The predicted molar refractivity (Wildman–Crippen MR) is 135 cm³/mol. The third kappa shape index (κ3) is 4.51. The maximum atomic E-state index is 13.6. The number of nitrogens with two attached hydrogens (primary N) is 1. The molecule has 1 amide bonds. The fraction of sp³-hybridized carbons (Fsp3) is 0.321. The van der Waals surface area contributed by atoms with Crippen LogP contribution in [0.2, 0.25) is 0 Å². The smallest absolute Gasteiger partial charge is 0.231 e. The van der Waals surface area contributed by atoms with E-state index in [0.717, 1.165) is 5.69 Å². The number of hydrogen-bond donors (Lipinski definition) is 3. The van der Waals surface area contributed by atoms with Crippen LogP contribution in [0.1, 0.15) is 48.3 Å². The number of hydrogen-bond acceptors (Lipinski definition) is 7. The van der Waals surface area contributed by atoms with Crippen molar-refractivity contribution in [3.05, 3.63) is 71.2 Å². The van der Waals surface area contributed by atoms with Crippen molar-refractivity contribution in [2.45, 2.75) is 37.7 Å². The van der Waals surface area contributed by atoms with Gasteiger partial charge in [-0.15, -0.1) is 0 Å². The molecular weight excluding hydrogens is 477 g/mol. The molecule has 1 aromatic heterocycles. The molecule has 2 aromatic carbocycles. The monoisotopic (exact) mass is 505 g/mol. The Hall–Kier alpha value is -3.98. The minimum absolute atomic E-state index is 0.0215. The molecule has 3 heterocycles. The molecular formula is C28H28FN3O5. The zero-order valence-electron chi connectivity index (χ0n) is 20.6. The predicted octanol–water partition coefficient (Wildman–Crippen LogP) is 3.70. The number of fused-ring (bicyclic) bond motifs is 2. The van der Waals surface area contributed by atoms with Gasteiger partial charge >= 0.3 is 0 Å². The Kier molecular flexibility index (Phi) is 6.11. The molecule has 0 saturated heterocycles. The van der Waals surface area contributed by atoms with E-state index in [1.165, 1.54) is 12.1 Å². The van der Waals surface area contributed by atoms with Crippen LogP contribution in [0.25, 0.3) is 11.3 Å². The molecule has 0 saturated carbocycles. The van der Waals surface area contributed by atoms with Gasteiger partial charge in [-0.1, -0.05) is 0 Å². The number of ketones is 1. The van der Waals surface area contributed by atoms with Gasteiger partial charge in [-0.25, -0.2) is 9.37 Å². The van der Waals surface area contributed by atoms with Gasteiger partial charge in [-0.2, -0.15) is 0 Å². The van der Waals surface area contributed by atoms with Crippen LogP contribution in [0.15, 0.2) is 48.5 Å². The van der Waals surface area contributed by atoms with Crippen molar-refractivity contribution in [3.63, 3.8) is 0 Å². The standard InChI is InChI=1S/C28H28FN3O5/c1-27(26(30)34)15-37-25-19(27)14-23(32-24(25)16-3-6-18(29)7-4-16)28(2,35)10-9-21(33)17-5-8-22-20(13-17)31-11-12-36-22/h3-8,13-14,31,35H,9-12,15H2,1-2H3,(H2,30,34)/t27-,28-/m0/s1. The summed E-state index contributed by atoms with van der Waals surface area (Å²) in [5.41, 5.74) is 6.02. The van der Waals surface area contributed by atoms with Gasteiger partial charge < -0.3 is 25.6 Å². The fourth-order valence-electron chi connectivity index (χ4n) is 4.61. The number of amides is 1. The van der Waals surface area contributed by atoms with Crippen LogP contribution in [0.5, 0.6) is 11.5 Å². The summed E-state index contributed by atoms with van der Waals surface area (Å²) in [6, 6.07) is 12.5. The molecule has 2 aliphatic rings. The van der Waals surface area contributed by atoms with E-state index in [4.69, 9.17) is 15.2 Å². The molecule has 2 atom stereocenters. The number of carbonyl (C=O) groups is 2. The first-order valence-electron chi connectivity index (χ1n) is 12.1. The van der Waals surface area contributed by atoms with E-state index in [-0.39, 0.29) is 30.9 Å². The summed E-state index contributed by atoms with van der Waals surface area (Å²) < 4.78 is 25.0. The Morgan fingerprint density at radius 2 is 1.95 bits per heavy atom. The number of ether oxygens (including phenoxy) is 2. The number of carbonyl (C=O) groups excluding carboxylic acids is 2.